The van der Waals surface area contributed by atoms with Crippen LogP contribution in [0.25, 0.3) is 0 Å². The van der Waals surface area contributed by atoms with Gasteiger partial charge >= 0.3 is 12.1 Å². The minimum atomic E-state index is -0.492. The molecule has 1 atom stereocenters. The highest BCUT2D eigenvalue weighted by Gasteiger charge is 2.33. The van der Waals surface area contributed by atoms with E-state index in [4.69, 9.17) is 9.15 Å². The van der Waals surface area contributed by atoms with Crippen LogP contribution in [0, 0.1) is 13.8 Å². The number of carbonyl (C=O) groups is 1. The van der Waals surface area contributed by atoms with Crippen molar-refractivity contribution in [3.63, 3.8) is 0 Å². The number of carbonyl (C=O) groups excluding carboxylic acids is 1. The zero-order valence-corrected chi connectivity index (χ0v) is 21.1. The summed E-state index contributed by atoms with van der Waals surface area (Å²) in [5.74, 6) is 0.726. The monoisotopic (exact) mass is 471 g/mol. The summed E-state index contributed by atoms with van der Waals surface area (Å²) in [7, 11) is 0. The lowest BCUT2D eigenvalue weighted by atomic mass is 9.82. The number of piperazine rings is 1. The first-order chi connectivity index (χ1) is 16.0. The van der Waals surface area contributed by atoms with Crippen molar-refractivity contribution in [1.82, 2.24) is 20.0 Å². The fraction of sp³-hybridized carbons (Fsp3) is 0.640. The Morgan fingerprint density at radius 3 is 2.62 bits per heavy atom. The van der Waals surface area contributed by atoms with Crippen LogP contribution in [-0.2, 0) is 11.3 Å². The third-order valence-electron chi connectivity index (χ3n) is 6.54. The summed E-state index contributed by atoms with van der Waals surface area (Å²) in [5.41, 5.74) is 3.95. The largest absolute Gasteiger partial charge is 0.444 e. The molecule has 1 aromatic carbocycles. The van der Waals surface area contributed by atoms with Crippen molar-refractivity contribution in [2.45, 2.75) is 84.6 Å². The normalized spacial score (nSPS) is 23.5. The third kappa shape index (κ3) is 5.70. The molecule has 2 N–H and O–H groups in total. The molecule has 0 radical (unpaired) electrons. The number of aliphatic hydroxyl groups is 1. The molecule has 34 heavy (non-hydrogen) atoms. The maximum absolute atomic E-state index is 12.5. The minimum absolute atomic E-state index is 0.0770. The van der Waals surface area contributed by atoms with E-state index in [0.29, 0.717) is 31.3 Å². The first-order valence-corrected chi connectivity index (χ1v) is 12.1. The van der Waals surface area contributed by atoms with Gasteiger partial charge in [-0.3, -0.25) is 4.90 Å². The molecule has 0 spiro atoms. The standard InChI is InChI=1S/C25H37N5O4/c1-15-9-19(14-29-7-8-30(16(2)13-29)24(32)34-25(4,5)6)17(3)21(10-15)26-23-28-27-22(33-23)18-11-20(31)12-18/h9-10,16,18,20,31H,7-8,11-14H2,1-6H3,(H,26,28)/t16-,18-,20+/m0/s1. The molecular formula is C25H37N5O4. The molecule has 1 aliphatic carbocycles. The van der Waals surface area contributed by atoms with Crippen molar-refractivity contribution in [2.75, 3.05) is 25.0 Å². The molecule has 2 aromatic rings. The van der Waals surface area contributed by atoms with Gasteiger partial charge in [0.25, 0.3) is 0 Å². The second kappa shape index (κ2) is 9.54. The van der Waals surface area contributed by atoms with Gasteiger partial charge in [-0.1, -0.05) is 11.2 Å². The average molecular weight is 472 g/mol. The molecule has 1 aliphatic heterocycles. The molecule has 4 rings (SSSR count). The number of aryl methyl sites for hydroxylation is 1. The van der Waals surface area contributed by atoms with Gasteiger partial charge in [-0.15, -0.1) is 5.10 Å². The van der Waals surface area contributed by atoms with E-state index in [0.717, 1.165) is 36.4 Å². The summed E-state index contributed by atoms with van der Waals surface area (Å²) >= 11 is 0. The van der Waals surface area contributed by atoms with Crippen LogP contribution in [0.3, 0.4) is 0 Å². The number of hydrogen-bond donors (Lipinski definition) is 2. The molecule has 1 saturated carbocycles. The van der Waals surface area contributed by atoms with Gasteiger partial charge < -0.3 is 24.5 Å². The Morgan fingerprint density at radius 1 is 1.24 bits per heavy atom. The molecule has 2 fully saturated rings. The van der Waals surface area contributed by atoms with Crippen LogP contribution < -0.4 is 5.32 Å². The number of nitrogens with one attached hydrogen (secondary N) is 1. The number of hydrogen-bond acceptors (Lipinski definition) is 8. The van der Waals surface area contributed by atoms with E-state index in [1.807, 2.05) is 25.7 Å². The molecule has 0 unspecified atom stereocenters. The topological polar surface area (TPSA) is 104 Å². The summed E-state index contributed by atoms with van der Waals surface area (Å²) in [6.45, 7) is 14.9. The maximum Gasteiger partial charge on any atom is 0.410 e. The number of aromatic nitrogens is 2. The Balaban J connectivity index is 1.40. The van der Waals surface area contributed by atoms with Crippen molar-refractivity contribution in [2.24, 2.45) is 0 Å². The van der Waals surface area contributed by atoms with E-state index in [1.54, 1.807) is 0 Å². The first kappa shape index (κ1) is 24.5. The summed E-state index contributed by atoms with van der Waals surface area (Å²) in [5, 5.41) is 21.1. The molecule has 0 bridgehead atoms. The van der Waals surface area contributed by atoms with Crippen LogP contribution in [0.1, 0.15) is 69.0 Å². The van der Waals surface area contributed by atoms with Gasteiger partial charge in [0.05, 0.1) is 6.10 Å². The highest BCUT2D eigenvalue weighted by Crippen LogP contribution is 2.37. The van der Waals surface area contributed by atoms with Crippen LogP contribution in [0.2, 0.25) is 0 Å². The zero-order chi connectivity index (χ0) is 24.6. The van der Waals surface area contributed by atoms with Crippen LogP contribution in [0.4, 0.5) is 16.5 Å². The van der Waals surface area contributed by atoms with Gasteiger partial charge in [0.2, 0.25) is 5.89 Å². The SMILES string of the molecule is Cc1cc(CN2CCN(C(=O)OC(C)(C)C)[C@@H](C)C2)c(C)c(Nc2nnc([C@H]3C[C@@H](O)C3)o2)c1. The highest BCUT2D eigenvalue weighted by molar-refractivity contribution is 5.68. The molecule has 1 saturated heterocycles. The predicted octanol–water partition coefficient (Wildman–Crippen LogP) is 4.11. The minimum Gasteiger partial charge on any atom is -0.444 e. The van der Waals surface area contributed by atoms with Crippen molar-refractivity contribution in [3.8, 4) is 0 Å². The van der Waals surface area contributed by atoms with Crippen LogP contribution in [0.15, 0.2) is 16.5 Å². The number of anilines is 2. The van der Waals surface area contributed by atoms with Crippen molar-refractivity contribution >= 4 is 17.8 Å². The average Bonchev–Trinajstić information content (AvgIpc) is 3.15. The van der Waals surface area contributed by atoms with E-state index in [9.17, 15) is 9.90 Å². The summed E-state index contributed by atoms with van der Waals surface area (Å²) in [4.78, 5) is 16.7. The van der Waals surface area contributed by atoms with Gasteiger partial charge in [0.1, 0.15) is 5.60 Å². The molecule has 9 heteroatoms. The fourth-order valence-corrected chi connectivity index (χ4v) is 4.59. The molecule has 2 heterocycles. The Labute approximate surface area is 201 Å². The Kier molecular flexibility index (Phi) is 6.87. The van der Waals surface area contributed by atoms with Crippen LogP contribution in [0.5, 0.6) is 0 Å². The lowest BCUT2D eigenvalue weighted by Crippen LogP contribution is -2.54. The van der Waals surface area contributed by atoms with Gasteiger partial charge in [-0.2, -0.15) is 0 Å². The first-order valence-electron chi connectivity index (χ1n) is 12.1. The van der Waals surface area contributed by atoms with Crippen LogP contribution >= 0.6 is 0 Å². The quantitative estimate of drug-likeness (QED) is 0.671. The molecule has 9 nitrogen and oxygen atoms in total. The number of aliphatic hydroxyl groups excluding tert-OH is 1. The lowest BCUT2D eigenvalue weighted by Gasteiger charge is -2.40. The summed E-state index contributed by atoms with van der Waals surface area (Å²) in [6, 6.07) is 4.74. The third-order valence-corrected chi connectivity index (χ3v) is 6.54. The van der Waals surface area contributed by atoms with E-state index in [-0.39, 0.29) is 24.2 Å². The summed E-state index contributed by atoms with van der Waals surface area (Å²) in [6.07, 6.45) is 0.848. The number of amides is 1. The van der Waals surface area contributed by atoms with Crippen molar-refractivity contribution in [1.29, 1.82) is 0 Å². The molecular weight excluding hydrogens is 434 g/mol. The molecule has 1 amide bonds. The molecule has 186 valence electrons. The van der Waals surface area contributed by atoms with Gasteiger partial charge in [0, 0.05) is 43.8 Å². The predicted molar refractivity (Wildman–Crippen MR) is 129 cm³/mol. The van der Waals surface area contributed by atoms with E-state index >= 15 is 0 Å². The highest BCUT2D eigenvalue weighted by atomic mass is 16.6. The Hall–Kier alpha value is -2.65. The zero-order valence-electron chi connectivity index (χ0n) is 21.1. The maximum atomic E-state index is 12.5. The fourth-order valence-electron chi connectivity index (χ4n) is 4.59. The second-order valence-corrected chi connectivity index (χ2v) is 10.7. The number of rotatable bonds is 5. The Bertz CT molecular complexity index is 1020. The molecule has 2 aliphatic rings. The van der Waals surface area contributed by atoms with Crippen molar-refractivity contribution in [3.05, 3.63) is 34.7 Å². The smallest absolute Gasteiger partial charge is 0.410 e. The number of nitrogens with zero attached hydrogens (tertiary/aromatic N) is 4. The van der Waals surface area contributed by atoms with Gasteiger partial charge in [0.15, 0.2) is 0 Å². The second-order valence-electron chi connectivity index (χ2n) is 10.7. The van der Waals surface area contributed by atoms with E-state index in [2.05, 4.69) is 53.3 Å². The van der Waals surface area contributed by atoms with Gasteiger partial charge in [-0.25, -0.2) is 4.79 Å². The molecule has 1 aromatic heterocycles. The van der Waals surface area contributed by atoms with Gasteiger partial charge in [-0.05, 0) is 77.1 Å². The number of benzene rings is 1. The Morgan fingerprint density at radius 2 is 1.97 bits per heavy atom. The lowest BCUT2D eigenvalue weighted by molar-refractivity contribution is 0.000536. The summed E-state index contributed by atoms with van der Waals surface area (Å²) < 4.78 is 11.4. The van der Waals surface area contributed by atoms with E-state index < -0.39 is 5.60 Å². The van der Waals surface area contributed by atoms with Crippen LogP contribution in [-0.4, -0.2) is 68.6 Å². The number of ether oxygens (including phenoxy) is 1. The van der Waals surface area contributed by atoms with Crippen molar-refractivity contribution < 1.29 is 19.1 Å². The van der Waals surface area contributed by atoms with E-state index in [1.165, 1.54) is 5.56 Å².